The fourth-order valence-corrected chi connectivity index (χ4v) is 5.49. The predicted molar refractivity (Wildman–Crippen MR) is 121 cm³/mol. The quantitative estimate of drug-likeness (QED) is 0.731. The number of amides is 2. The number of hydrogen-bond donors (Lipinski definition) is 1. The molecule has 174 valence electrons. The fraction of sp³-hybridized carbons (Fsp3) is 0.462. The fourth-order valence-electron chi connectivity index (χ4n) is 5.49. The Morgan fingerprint density at radius 2 is 1.42 bits per heavy atom. The minimum atomic E-state index is -1.05. The minimum absolute atomic E-state index is 0.00626. The molecule has 3 fully saturated rings. The number of nitrogens with zero attached hydrogens (tertiary/aromatic N) is 2. The number of benzene rings is 2. The third kappa shape index (κ3) is 4.14. The standard InChI is InChI=1S/C26H29F2N3O2/c27-20-5-1-18(2-6-20)26(19-3-7-21(28)8-4-19)13-16-30(25(26)33)17-24(32)31(22-9-10-22)23-11-14-29-15-12-23/h1-8,22-23,29H,9-17H2. The Hall–Kier alpha value is -2.80. The molecule has 5 nitrogen and oxygen atoms in total. The molecule has 3 aliphatic rings. The molecule has 0 spiro atoms. The molecule has 7 heteroatoms. The lowest BCUT2D eigenvalue weighted by atomic mass is 9.73. The summed E-state index contributed by atoms with van der Waals surface area (Å²) in [7, 11) is 0. The summed E-state index contributed by atoms with van der Waals surface area (Å²) in [4.78, 5) is 30.9. The van der Waals surface area contributed by atoms with Crippen LogP contribution in [0.25, 0.3) is 0 Å². The largest absolute Gasteiger partial charge is 0.335 e. The zero-order valence-electron chi connectivity index (χ0n) is 18.6. The summed E-state index contributed by atoms with van der Waals surface area (Å²) in [6, 6.07) is 12.4. The van der Waals surface area contributed by atoms with Crippen LogP contribution in [-0.4, -0.2) is 59.9 Å². The second-order valence-corrected chi connectivity index (χ2v) is 9.41. The molecule has 0 unspecified atom stereocenters. The van der Waals surface area contributed by atoms with Crippen LogP contribution in [0.15, 0.2) is 48.5 Å². The van der Waals surface area contributed by atoms with Crippen LogP contribution in [-0.2, 0) is 15.0 Å². The van der Waals surface area contributed by atoms with Crippen LogP contribution >= 0.6 is 0 Å². The van der Waals surface area contributed by atoms with Crippen LogP contribution in [0, 0.1) is 11.6 Å². The van der Waals surface area contributed by atoms with Crippen molar-refractivity contribution < 1.29 is 18.4 Å². The topological polar surface area (TPSA) is 52.7 Å². The zero-order chi connectivity index (χ0) is 23.0. The molecule has 2 saturated heterocycles. The van der Waals surface area contributed by atoms with Gasteiger partial charge in [-0.1, -0.05) is 24.3 Å². The van der Waals surface area contributed by atoms with Crippen LogP contribution in [0.4, 0.5) is 8.78 Å². The Morgan fingerprint density at radius 1 is 0.909 bits per heavy atom. The third-order valence-corrected chi connectivity index (χ3v) is 7.34. The zero-order valence-corrected chi connectivity index (χ0v) is 18.6. The minimum Gasteiger partial charge on any atom is -0.335 e. The SMILES string of the molecule is O=C(CN1CCC(c2ccc(F)cc2)(c2ccc(F)cc2)C1=O)N(C1CCNCC1)C1CC1. The number of rotatable bonds is 6. The molecule has 33 heavy (non-hydrogen) atoms. The molecular formula is C26H29F2N3O2. The van der Waals surface area contributed by atoms with Gasteiger partial charge in [0.2, 0.25) is 11.8 Å². The molecule has 1 N–H and O–H groups in total. The van der Waals surface area contributed by atoms with E-state index in [0.717, 1.165) is 38.8 Å². The van der Waals surface area contributed by atoms with Crippen molar-refractivity contribution in [1.82, 2.24) is 15.1 Å². The maximum absolute atomic E-state index is 13.9. The van der Waals surface area contributed by atoms with E-state index in [1.54, 1.807) is 29.2 Å². The number of halogens is 2. The van der Waals surface area contributed by atoms with Crippen molar-refractivity contribution in [2.45, 2.75) is 49.6 Å². The summed E-state index contributed by atoms with van der Waals surface area (Å²) >= 11 is 0. The van der Waals surface area contributed by atoms with E-state index in [1.807, 2.05) is 4.90 Å². The highest BCUT2D eigenvalue weighted by atomic mass is 19.1. The van der Waals surface area contributed by atoms with Crippen molar-refractivity contribution >= 4 is 11.8 Å². The monoisotopic (exact) mass is 453 g/mol. The van der Waals surface area contributed by atoms with Gasteiger partial charge in [0.25, 0.3) is 0 Å². The number of hydrogen-bond acceptors (Lipinski definition) is 3. The number of carbonyl (C=O) groups excluding carboxylic acids is 2. The van der Waals surface area contributed by atoms with Gasteiger partial charge >= 0.3 is 0 Å². The van der Waals surface area contributed by atoms with Crippen molar-refractivity contribution in [3.05, 3.63) is 71.3 Å². The van der Waals surface area contributed by atoms with Crippen molar-refractivity contribution in [3.8, 4) is 0 Å². The molecule has 5 rings (SSSR count). The van der Waals surface area contributed by atoms with Crippen LogP contribution < -0.4 is 5.32 Å². The molecule has 0 aromatic heterocycles. The highest BCUT2D eigenvalue weighted by molar-refractivity contribution is 5.96. The number of likely N-dealkylation sites (tertiary alicyclic amines) is 1. The van der Waals surface area contributed by atoms with Crippen molar-refractivity contribution in [2.24, 2.45) is 0 Å². The average Bonchev–Trinajstić information content (AvgIpc) is 3.61. The molecule has 2 aromatic rings. The van der Waals surface area contributed by atoms with Crippen LogP contribution in [0.1, 0.15) is 43.2 Å². The summed E-state index contributed by atoms with van der Waals surface area (Å²) in [5.74, 6) is -0.943. The van der Waals surface area contributed by atoms with Gasteiger partial charge in [0.05, 0.1) is 6.54 Å². The number of nitrogens with one attached hydrogen (secondary N) is 1. The van der Waals surface area contributed by atoms with Gasteiger partial charge in [-0.3, -0.25) is 9.59 Å². The van der Waals surface area contributed by atoms with E-state index in [2.05, 4.69) is 5.32 Å². The summed E-state index contributed by atoms with van der Waals surface area (Å²) in [6.07, 6.45) is 4.38. The van der Waals surface area contributed by atoms with Crippen LogP contribution in [0.5, 0.6) is 0 Å². The Labute approximate surface area is 192 Å². The van der Waals surface area contributed by atoms with E-state index < -0.39 is 5.41 Å². The smallest absolute Gasteiger partial charge is 0.242 e. The molecule has 2 aliphatic heterocycles. The van der Waals surface area contributed by atoms with E-state index in [0.29, 0.717) is 24.1 Å². The first kappa shape index (κ1) is 22.0. The summed E-state index contributed by atoms with van der Waals surface area (Å²) in [5, 5.41) is 3.35. The van der Waals surface area contributed by atoms with Gasteiger partial charge in [-0.05, 0) is 80.6 Å². The Morgan fingerprint density at radius 3 is 1.94 bits per heavy atom. The van der Waals surface area contributed by atoms with E-state index >= 15 is 0 Å². The molecule has 2 heterocycles. The number of piperidine rings is 1. The maximum Gasteiger partial charge on any atom is 0.242 e. The Kier molecular flexibility index (Phi) is 5.91. The lowest BCUT2D eigenvalue weighted by Crippen LogP contribution is -2.51. The van der Waals surface area contributed by atoms with Gasteiger partial charge in [0.1, 0.15) is 17.0 Å². The first-order chi connectivity index (χ1) is 16.0. The van der Waals surface area contributed by atoms with Gasteiger partial charge in [0, 0.05) is 18.6 Å². The highest BCUT2D eigenvalue weighted by Crippen LogP contribution is 2.42. The van der Waals surface area contributed by atoms with Gasteiger partial charge in [-0.25, -0.2) is 8.78 Å². The van der Waals surface area contributed by atoms with Crippen LogP contribution in [0.2, 0.25) is 0 Å². The third-order valence-electron chi connectivity index (χ3n) is 7.34. The molecule has 0 bridgehead atoms. The molecule has 1 aliphatic carbocycles. The first-order valence-corrected chi connectivity index (χ1v) is 11.8. The molecule has 2 amide bonds. The number of carbonyl (C=O) groups is 2. The van der Waals surface area contributed by atoms with Gasteiger partial charge in [-0.2, -0.15) is 0 Å². The van der Waals surface area contributed by atoms with Gasteiger partial charge in [0.15, 0.2) is 0 Å². The van der Waals surface area contributed by atoms with E-state index in [9.17, 15) is 18.4 Å². The second kappa shape index (κ2) is 8.86. The molecule has 1 saturated carbocycles. The normalized spacial score (nSPS) is 20.8. The lowest BCUT2D eigenvalue weighted by Gasteiger charge is -2.36. The Bertz CT molecular complexity index is 969. The van der Waals surface area contributed by atoms with Gasteiger partial charge in [-0.15, -0.1) is 0 Å². The predicted octanol–water partition coefficient (Wildman–Crippen LogP) is 3.23. The maximum atomic E-state index is 13.9. The lowest BCUT2D eigenvalue weighted by molar-refractivity contribution is -0.142. The van der Waals surface area contributed by atoms with Crippen molar-refractivity contribution in [3.63, 3.8) is 0 Å². The summed E-state index contributed by atoms with van der Waals surface area (Å²) in [6.45, 7) is 2.28. The molecule has 2 aromatic carbocycles. The van der Waals surface area contributed by atoms with Gasteiger partial charge < -0.3 is 15.1 Å². The first-order valence-electron chi connectivity index (χ1n) is 11.8. The van der Waals surface area contributed by atoms with E-state index in [1.165, 1.54) is 24.3 Å². The summed E-state index contributed by atoms with van der Waals surface area (Å²) < 4.78 is 27.3. The van der Waals surface area contributed by atoms with Crippen molar-refractivity contribution in [2.75, 3.05) is 26.2 Å². The highest BCUT2D eigenvalue weighted by Gasteiger charge is 2.50. The van der Waals surface area contributed by atoms with E-state index in [-0.39, 0.29) is 42.1 Å². The van der Waals surface area contributed by atoms with E-state index in [4.69, 9.17) is 0 Å². The molecular weight excluding hydrogens is 424 g/mol. The summed E-state index contributed by atoms with van der Waals surface area (Å²) in [5.41, 5.74) is 0.265. The van der Waals surface area contributed by atoms with Crippen LogP contribution in [0.3, 0.4) is 0 Å². The Balaban J connectivity index is 1.42. The molecule has 0 radical (unpaired) electrons. The molecule has 0 atom stereocenters. The second-order valence-electron chi connectivity index (χ2n) is 9.41. The van der Waals surface area contributed by atoms with Crippen molar-refractivity contribution in [1.29, 1.82) is 0 Å². The average molecular weight is 454 g/mol.